The summed E-state index contributed by atoms with van der Waals surface area (Å²) in [6.45, 7) is 5.76. The Kier molecular flexibility index (Phi) is 7.89. The number of carbonyl (C=O) groups excluding carboxylic acids is 1. The summed E-state index contributed by atoms with van der Waals surface area (Å²) in [4.78, 5) is 37.0. The molecule has 0 aromatic heterocycles. The van der Waals surface area contributed by atoms with Crippen LogP contribution in [-0.4, -0.2) is 45.8 Å². The van der Waals surface area contributed by atoms with Gasteiger partial charge in [0.05, 0.1) is 12.2 Å². The lowest BCUT2D eigenvalue weighted by Gasteiger charge is -2.30. The molecule has 0 heterocycles. The average molecular weight is 464 g/mol. The van der Waals surface area contributed by atoms with Crippen LogP contribution >= 0.6 is 0 Å². The van der Waals surface area contributed by atoms with Gasteiger partial charge in [-0.05, 0) is 64.1 Å². The number of hydrogen-bond donors (Lipinski definition) is 2. The van der Waals surface area contributed by atoms with Gasteiger partial charge in [0.2, 0.25) is 0 Å². The monoisotopic (exact) mass is 463 g/mol. The topological polar surface area (TPSA) is 104 Å². The molecule has 0 aliphatic heterocycles. The van der Waals surface area contributed by atoms with Crippen LogP contribution in [-0.2, 0) is 16.1 Å². The van der Waals surface area contributed by atoms with Gasteiger partial charge in [-0.25, -0.2) is 14.4 Å². The van der Waals surface area contributed by atoms with Crippen LogP contribution in [0, 0.1) is 5.92 Å². The summed E-state index contributed by atoms with van der Waals surface area (Å²) in [6, 6.07) is 17.3. The second-order valence-corrected chi connectivity index (χ2v) is 8.55. The molecule has 0 radical (unpaired) electrons. The Morgan fingerprint density at radius 3 is 2.09 bits per heavy atom. The lowest BCUT2D eigenvalue weighted by Crippen LogP contribution is -2.47. The number of ether oxygens (including phenoxy) is 1. The molecule has 3 aromatic rings. The van der Waals surface area contributed by atoms with Gasteiger partial charge >= 0.3 is 18.0 Å². The first-order valence-electron chi connectivity index (χ1n) is 11.2. The van der Waals surface area contributed by atoms with Gasteiger partial charge in [0.15, 0.2) is 0 Å². The first-order valence-corrected chi connectivity index (χ1v) is 11.2. The van der Waals surface area contributed by atoms with Gasteiger partial charge in [-0.3, -0.25) is 4.90 Å². The molecular formula is C27H29NO6. The molecule has 1 atom stereocenters. The fourth-order valence-corrected chi connectivity index (χ4v) is 3.90. The Morgan fingerprint density at radius 1 is 0.882 bits per heavy atom. The van der Waals surface area contributed by atoms with Crippen LogP contribution in [0.15, 0.2) is 60.7 Å². The van der Waals surface area contributed by atoms with Crippen molar-refractivity contribution in [2.24, 2.45) is 5.92 Å². The summed E-state index contributed by atoms with van der Waals surface area (Å²) in [5.41, 5.74) is 2.89. The van der Waals surface area contributed by atoms with Gasteiger partial charge in [-0.15, -0.1) is 0 Å². The summed E-state index contributed by atoms with van der Waals surface area (Å²) in [5, 5.41) is 20.7. The molecule has 0 fully saturated rings. The number of aromatic carboxylic acids is 1. The average Bonchev–Trinajstić information content (AvgIpc) is 2.81. The van der Waals surface area contributed by atoms with E-state index in [2.05, 4.69) is 0 Å². The van der Waals surface area contributed by atoms with E-state index >= 15 is 0 Å². The third-order valence-corrected chi connectivity index (χ3v) is 5.61. The largest absolute Gasteiger partial charge is 0.480 e. The third-order valence-electron chi connectivity index (χ3n) is 5.61. The molecule has 1 amide bonds. The third kappa shape index (κ3) is 5.73. The summed E-state index contributed by atoms with van der Waals surface area (Å²) >= 11 is 0. The summed E-state index contributed by atoms with van der Waals surface area (Å²) in [5.74, 6) is -2.32. The van der Waals surface area contributed by atoms with Crippen LogP contribution in [0.4, 0.5) is 4.79 Å². The number of aliphatic carboxylic acids is 1. The number of fused-ring (bicyclic) bond motifs is 1. The maximum absolute atomic E-state index is 12.7. The number of carbonyl (C=O) groups is 3. The second kappa shape index (κ2) is 10.8. The van der Waals surface area contributed by atoms with E-state index in [-0.39, 0.29) is 24.6 Å². The van der Waals surface area contributed by atoms with Gasteiger partial charge < -0.3 is 14.9 Å². The van der Waals surface area contributed by atoms with Gasteiger partial charge in [0, 0.05) is 6.54 Å². The zero-order chi connectivity index (χ0) is 24.8. The van der Waals surface area contributed by atoms with Crippen LogP contribution in [0.3, 0.4) is 0 Å². The zero-order valence-corrected chi connectivity index (χ0v) is 19.5. The van der Waals surface area contributed by atoms with E-state index < -0.39 is 24.1 Å². The number of carboxylic acids is 2. The molecule has 0 spiro atoms. The van der Waals surface area contributed by atoms with E-state index in [1.807, 2.05) is 43.3 Å². The number of amides is 1. The fourth-order valence-electron chi connectivity index (χ4n) is 3.90. The number of nitrogens with zero attached hydrogens (tertiary/aromatic N) is 1. The maximum atomic E-state index is 12.7. The van der Waals surface area contributed by atoms with Gasteiger partial charge in [0.1, 0.15) is 6.04 Å². The minimum atomic E-state index is -1.07. The van der Waals surface area contributed by atoms with E-state index in [0.29, 0.717) is 6.42 Å². The molecule has 178 valence electrons. The van der Waals surface area contributed by atoms with E-state index in [9.17, 15) is 19.5 Å². The van der Waals surface area contributed by atoms with E-state index in [1.165, 1.54) is 4.90 Å². The van der Waals surface area contributed by atoms with Crippen molar-refractivity contribution >= 4 is 28.8 Å². The molecule has 2 N–H and O–H groups in total. The second-order valence-electron chi connectivity index (χ2n) is 8.55. The van der Waals surface area contributed by atoms with Crippen LogP contribution in [0.1, 0.15) is 43.1 Å². The molecule has 1 unspecified atom stereocenters. The van der Waals surface area contributed by atoms with Gasteiger partial charge in [-0.1, -0.05) is 57.2 Å². The minimum Gasteiger partial charge on any atom is -0.480 e. The Bertz CT molecular complexity index is 1190. The predicted molar refractivity (Wildman–Crippen MR) is 130 cm³/mol. The van der Waals surface area contributed by atoms with Crippen molar-refractivity contribution in [2.45, 2.75) is 39.8 Å². The first-order chi connectivity index (χ1) is 16.2. The number of carboxylic acid groups (broad SMARTS) is 2. The Labute approximate surface area is 198 Å². The molecule has 0 aliphatic carbocycles. The standard InChI is InChI=1S/C27H29NO6/c1-4-13-34-27(33)28(24(17(2)3)26(31)32)16-18-5-6-23-15-22(12-11-21(23)14-18)19-7-9-20(10-8-19)25(29)30/h5-12,14-15,17,24H,4,13,16H2,1-3H3,(H,29,30)(H,31,32). The summed E-state index contributed by atoms with van der Waals surface area (Å²) in [6.07, 6.45) is 0.0132. The number of benzene rings is 3. The SMILES string of the molecule is CCCOC(=O)N(Cc1ccc2cc(-c3ccc(C(=O)O)cc3)ccc2c1)C(C(=O)O)C(C)C. The molecule has 3 rings (SSSR count). The van der Waals surface area contributed by atoms with Gasteiger partial charge in [-0.2, -0.15) is 0 Å². The van der Waals surface area contributed by atoms with Crippen molar-refractivity contribution in [3.8, 4) is 11.1 Å². The number of hydrogen-bond acceptors (Lipinski definition) is 4. The summed E-state index contributed by atoms with van der Waals surface area (Å²) in [7, 11) is 0. The van der Waals surface area contributed by atoms with Crippen LogP contribution in [0.25, 0.3) is 21.9 Å². The van der Waals surface area contributed by atoms with Crippen molar-refractivity contribution in [2.75, 3.05) is 6.61 Å². The minimum absolute atomic E-state index is 0.117. The molecule has 0 saturated carbocycles. The van der Waals surface area contributed by atoms with Crippen LogP contribution < -0.4 is 0 Å². The van der Waals surface area contributed by atoms with Crippen LogP contribution in [0.5, 0.6) is 0 Å². The molecule has 0 bridgehead atoms. The molecular weight excluding hydrogens is 434 g/mol. The highest BCUT2D eigenvalue weighted by Gasteiger charge is 2.33. The van der Waals surface area contributed by atoms with Crippen molar-refractivity contribution in [1.29, 1.82) is 0 Å². The van der Waals surface area contributed by atoms with Crippen LogP contribution in [0.2, 0.25) is 0 Å². The number of rotatable bonds is 9. The predicted octanol–water partition coefficient (Wildman–Crippen LogP) is 5.66. The highest BCUT2D eigenvalue weighted by molar-refractivity contribution is 5.90. The maximum Gasteiger partial charge on any atom is 0.410 e. The molecule has 0 saturated heterocycles. The Balaban J connectivity index is 1.89. The van der Waals surface area contributed by atoms with Crippen molar-refractivity contribution in [3.05, 3.63) is 71.8 Å². The normalized spacial score (nSPS) is 11.9. The quantitative estimate of drug-likeness (QED) is 0.424. The van der Waals surface area contributed by atoms with Crippen molar-refractivity contribution in [3.63, 3.8) is 0 Å². The van der Waals surface area contributed by atoms with Gasteiger partial charge in [0.25, 0.3) is 0 Å². The Morgan fingerprint density at radius 2 is 1.50 bits per heavy atom. The first kappa shape index (κ1) is 24.8. The molecule has 7 nitrogen and oxygen atoms in total. The zero-order valence-electron chi connectivity index (χ0n) is 19.5. The summed E-state index contributed by atoms with van der Waals surface area (Å²) < 4.78 is 5.27. The molecule has 7 heteroatoms. The molecule has 3 aromatic carbocycles. The fraction of sp³-hybridized carbons (Fsp3) is 0.296. The molecule has 0 aliphatic rings. The van der Waals surface area contributed by atoms with E-state index in [1.54, 1.807) is 38.1 Å². The lowest BCUT2D eigenvalue weighted by molar-refractivity contribution is -0.144. The van der Waals surface area contributed by atoms with Crippen molar-refractivity contribution < 1.29 is 29.3 Å². The van der Waals surface area contributed by atoms with E-state index in [4.69, 9.17) is 9.84 Å². The molecule has 34 heavy (non-hydrogen) atoms. The van der Waals surface area contributed by atoms with E-state index in [0.717, 1.165) is 27.5 Å². The highest BCUT2D eigenvalue weighted by Crippen LogP contribution is 2.27. The smallest absolute Gasteiger partial charge is 0.410 e. The van der Waals surface area contributed by atoms with Crippen molar-refractivity contribution in [1.82, 2.24) is 4.90 Å². The Hall–Kier alpha value is -3.87. The highest BCUT2D eigenvalue weighted by atomic mass is 16.6. The lowest BCUT2D eigenvalue weighted by atomic mass is 9.98.